The Labute approximate surface area is 93.0 Å². The van der Waals surface area contributed by atoms with Crippen molar-refractivity contribution in [3.63, 3.8) is 0 Å². The first-order chi connectivity index (χ1) is 7.75. The second-order valence-electron chi connectivity index (χ2n) is 3.57. The fourth-order valence-electron chi connectivity index (χ4n) is 1.59. The summed E-state index contributed by atoms with van der Waals surface area (Å²) in [6, 6.07) is 3.91. The quantitative estimate of drug-likeness (QED) is 0.822. The predicted octanol–water partition coefficient (Wildman–Crippen LogP) is 1.21. The van der Waals surface area contributed by atoms with Crippen LogP contribution < -0.4 is 0 Å². The topological polar surface area (TPSA) is 60.0 Å². The molecule has 0 bridgehead atoms. The second kappa shape index (κ2) is 4.65. The maximum absolute atomic E-state index is 10.5. The van der Waals surface area contributed by atoms with Crippen LogP contribution in [-0.4, -0.2) is 25.2 Å². The molecule has 0 radical (unpaired) electrons. The van der Waals surface area contributed by atoms with Crippen molar-refractivity contribution >= 4 is 5.97 Å². The van der Waals surface area contributed by atoms with Crippen LogP contribution in [0.3, 0.4) is 0 Å². The molecule has 5 nitrogen and oxygen atoms in total. The first-order valence-corrected chi connectivity index (χ1v) is 5.07. The van der Waals surface area contributed by atoms with Crippen molar-refractivity contribution in [1.82, 2.24) is 14.1 Å². The SMILES string of the molecule is O=C(O)CCn1cccc1Cn1ccnc1. The van der Waals surface area contributed by atoms with Gasteiger partial charge >= 0.3 is 5.97 Å². The molecule has 0 aromatic carbocycles. The van der Waals surface area contributed by atoms with Crippen LogP contribution in [0.2, 0.25) is 0 Å². The zero-order valence-electron chi connectivity index (χ0n) is 8.78. The molecule has 0 aliphatic heterocycles. The van der Waals surface area contributed by atoms with Crippen molar-refractivity contribution in [2.45, 2.75) is 19.5 Å². The summed E-state index contributed by atoms with van der Waals surface area (Å²) in [6.45, 7) is 1.22. The van der Waals surface area contributed by atoms with Gasteiger partial charge in [-0.3, -0.25) is 4.79 Å². The van der Waals surface area contributed by atoms with E-state index in [2.05, 4.69) is 4.98 Å². The Bertz CT molecular complexity index is 459. The third-order valence-corrected chi connectivity index (χ3v) is 2.39. The molecule has 0 aliphatic carbocycles. The number of aryl methyl sites for hydroxylation is 1. The van der Waals surface area contributed by atoms with Crippen molar-refractivity contribution in [3.05, 3.63) is 42.7 Å². The molecule has 0 amide bonds. The van der Waals surface area contributed by atoms with Crippen molar-refractivity contribution in [1.29, 1.82) is 0 Å². The van der Waals surface area contributed by atoms with Gasteiger partial charge in [0.2, 0.25) is 0 Å². The van der Waals surface area contributed by atoms with Crippen LogP contribution in [0.4, 0.5) is 0 Å². The first-order valence-electron chi connectivity index (χ1n) is 5.07. The van der Waals surface area contributed by atoms with E-state index in [9.17, 15) is 4.79 Å². The number of carboxylic acid groups (broad SMARTS) is 1. The summed E-state index contributed by atoms with van der Waals surface area (Å²) in [5.74, 6) is -0.776. The van der Waals surface area contributed by atoms with Crippen LogP contribution in [0.5, 0.6) is 0 Å². The first kappa shape index (κ1) is 10.5. The molecule has 2 rings (SSSR count). The summed E-state index contributed by atoms with van der Waals surface area (Å²) >= 11 is 0. The molecule has 0 saturated carbocycles. The Morgan fingerprint density at radius 2 is 2.31 bits per heavy atom. The molecule has 16 heavy (non-hydrogen) atoms. The summed E-state index contributed by atoms with van der Waals surface area (Å²) in [7, 11) is 0. The Balaban J connectivity index is 2.04. The molecular formula is C11H13N3O2. The summed E-state index contributed by atoms with van der Waals surface area (Å²) in [5, 5.41) is 8.63. The number of carboxylic acids is 1. The molecule has 0 saturated heterocycles. The standard InChI is InChI=1S/C11H13N3O2/c15-11(16)3-6-14-5-1-2-10(14)8-13-7-4-12-9-13/h1-2,4-5,7,9H,3,6,8H2,(H,15,16). The molecule has 2 aromatic rings. The van der Waals surface area contributed by atoms with Gasteiger partial charge in [0, 0.05) is 30.8 Å². The zero-order valence-corrected chi connectivity index (χ0v) is 8.78. The van der Waals surface area contributed by atoms with Gasteiger partial charge in [0.05, 0.1) is 19.3 Å². The lowest BCUT2D eigenvalue weighted by atomic mass is 10.4. The van der Waals surface area contributed by atoms with Gasteiger partial charge in [-0.2, -0.15) is 0 Å². The highest BCUT2D eigenvalue weighted by atomic mass is 16.4. The normalized spacial score (nSPS) is 10.5. The molecule has 0 aliphatic rings. The Morgan fingerprint density at radius 1 is 1.44 bits per heavy atom. The van der Waals surface area contributed by atoms with E-state index in [-0.39, 0.29) is 6.42 Å². The van der Waals surface area contributed by atoms with E-state index in [1.807, 2.05) is 33.7 Å². The van der Waals surface area contributed by atoms with Crippen LogP contribution >= 0.6 is 0 Å². The monoisotopic (exact) mass is 219 g/mol. The summed E-state index contributed by atoms with van der Waals surface area (Å²) in [4.78, 5) is 14.5. The molecular weight excluding hydrogens is 206 g/mol. The minimum Gasteiger partial charge on any atom is -0.481 e. The highest BCUT2D eigenvalue weighted by molar-refractivity contribution is 5.66. The lowest BCUT2D eigenvalue weighted by Crippen LogP contribution is -2.09. The fraction of sp³-hybridized carbons (Fsp3) is 0.273. The van der Waals surface area contributed by atoms with E-state index in [0.29, 0.717) is 13.1 Å². The summed E-state index contributed by atoms with van der Waals surface area (Å²) in [6.07, 6.45) is 7.40. The predicted molar refractivity (Wildman–Crippen MR) is 58.0 cm³/mol. The van der Waals surface area contributed by atoms with Crippen molar-refractivity contribution < 1.29 is 9.90 Å². The van der Waals surface area contributed by atoms with E-state index in [1.165, 1.54) is 0 Å². The molecule has 0 fully saturated rings. The molecule has 1 N–H and O–H groups in total. The fourth-order valence-corrected chi connectivity index (χ4v) is 1.59. The van der Waals surface area contributed by atoms with Crippen molar-refractivity contribution in [2.75, 3.05) is 0 Å². The van der Waals surface area contributed by atoms with E-state index < -0.39 is 5.97 Å². The summed E-state index contributed by atoms with van der Waals surface area (Å²) < 4.78 is 3.90. The maximum atomic E-state index is 10.5. The minimum absolute atomic E-state index is 0.144. The lowest BCUT2D eigenvalue weighted by Gasteiger charge is -2.08. The highest BCUT2D eigenvalue weighted by Crippen LogP contribution is 2.06. The number of aromatic nitrogens is 3. The van der Waals surface area contributed by atoms with Gasteiger partial charge in [0.1, 0.15) is 0 Å². The lowest BCUT2D eigenvalue weighted by molar-refractivity contribution is -0.137. The van der Waals surface area contributed by atoms with E-state index >= 15 is 0 Å². The number of carbonyl (C=O) groups is 1. The van der Waals surface area contributed by atoms with Crippen LogP contribution in [0.1, 0.15) is 12.1 Å². The molecule has 0 atom stereocenters. The van der Waals surface area contributed by atoms with Gasteiger partial charge < -0.3 is 14.2 Å². The molecule has 0 unspecified atom stereocenters. The van der Waals surface area contributed by atoms with Gasteiger partial charge in [-0.25, -0.2) is 4.98 Å². The Kier molecular flexibility index (Phi) is 3.05. The third kappa shape index (κ3) is 2.50. The molecule has 0 spiro atoms. The minimum atomic E-state index is -0.776. The molecule has 2 heterocycles. The maximum Gasteiger partial charge on any atom is 0.305 e. The number of hydrogen-bond donors (Lipinski definition) is 1. The van der Waals surface area contributed by atoms with Gasteiger partial charge in [-0.15, -0.1) is 0 Å². The van der Waals surface area contributed by atoms with Crippen molar-refractivity contribution in [2.24, 2.45) is 0 Å². The van der Waals surface area contributed by atoms with E-state index in [1.54, 1.807) is 12.5 Å². The second-order valence-corrected chi connectivity index (χ2v) is 3.57. The molecule has 84 valence electrons. The van der Waals surface area contributed by atoms with Crippen LogP contribution in [0.25, 0.3) is 0 Å². The molecule has 2 aromatic heterocycles. The van der Waals surface area contributed by atoms with Crippen LogP contribution in [0.15, 0.2) is 37.1 Å². The number of hydrogen-bond acceptors (Lipinski definition) is 2. The van der Waals surface area contributed by atoms with Gasteiger partial charge in [0.15, 0.2) is 0 Å². The van der Waals surface area contributed by atoms with Gasteiger partial charge in [-0.1, -0.05) is 0 Å². The van der Waals surface area contributed by atoms with E-state index in [4.69, 9.17) is 5.11 Å². The molecule has 5 heteroatoms. The number of nitrogens with zero attached hydrogens (tertiary/aromatic N) is 3. The zero-order chi connectivity index (χ0) is 11.4. The average molecular weight is 219 g/mol. The Morgan fingerprint density at radius 3 is 3.00 bits per heavy atom. The van der Waals surface area contributed by atoms with Gasteiger partial charge in [0.25, 0.3) is 0 Å². The number of imidazole rings is 1. The Hall–Kier alpha value is -2.04. The summed E-state index contributed by atoms with van der Waals surface area (Å²) in [5.41, 5.74) is 1.08. The highest BCUT2D eigenvalue weighted by Gasteiger charge is 2.03. The smallest absolute Gasteiger partial charge is 0.305 e. The number of aliphatic carboxylic acids is 1. The van der Waals surface area contributed by atoms with E-state index in [0.717, 1.165) is 5.69 Å². The van der Waals surface area contributed by atoms with Gasteiger partial charge in [-0.05, 0) is 12.1 Å². The average Bonchev–Trinajstić information content (AvgIpc) is 2.87. The van der Waals surface area contributed by atoms with Crippen molar-refractivity contribution in [3.8, 4) is 0 Å². The third-order valence-electron chi connectivity index (χ3n) is 2.39. The van der Waals surface area contributed by atoms with Crippen LogP contribution in [0, 0.1) is 0 Å². The largest absolute Gasteiger partial charge is 0.481 e. The van der Waals surface area contributed by atoms with Crippen LogP contribution in [-0.2, 0) is 17.9 Å². The number of rotatable bonds is 5.